The van der Waals surface area contributed by atoms with Crippen LogP contribution in [0.5, 0.6) is 0 Å². The number of hydrogen-bond donors (Lipinski definition) is 1. The smallest absolute Gasteiger partial charge is 0.339 e. The van der Waals surface area contributed by atoms with Gasteiger partial charge in [-0.15, -0.1) is 0 Å². The largest absolute Gasteiger partial charge is 0.465 e. The molecule has 0 heterocycles. The van der Waals surface area contributed by atoms with Crippen molar-refractivity contribution >= 4 is 45.1 Å². The van der Waals surface area contributed by atoms with Gasteiger partial charge in [-0.2, -0.15) is 0 Å². The van der Waals surface area contributed by atoms with Gasteiger partial charge in [0, 0.05) is 10.4 Å². The molecule has 6 heteroatoms. The molecular formula is C18H17BrClNO3. The first-order chi connectivity index (χ1) is 11.5. The van der Waals surface area contributed by atoms with Crippen LogP contribution in [-0.4, -0.2) is 24.3 Å². The molecule has 0 saturated heterocycles. The van der Waals surface area contributed by atoms with E-state index in [1.807, 2.05) is 24.3 Å². The highest BCUT2D eigenvalue weighted by atomic mass is 79.9. The predicted molar refractivity (Wildman–Crippen MR) is 99.1 cm³/mol. The summed E-state index contributed by atoms with van der Waals surface area (Å²) in [4.78, 5) is 24.1. The first-order valence-electron chi connectivity index (χ1n) is 7.35. The second kappa shape index (κ2) is 8.85. The van der Waals surface area contributed by atoms with Crippen molar-refractivity contribution in [2.75, 3.05) is 17.8 Å². The maximum absolute atomic E-state index is 12.3. The summed E-state index contributed by atoms with van der Waals surface area (Å²) in [5.74, 6) is -0.750. The van der Waals surface area contributed by atoms with Crippen LogP contribution in [0, 0.1) is 0 Å². The van der Waals surface area contributed by atoms with Gasteiger partial charge in [0.1, 0.15) is 0 Å². The number of alkyl halides is 1. The van der Waals surface area contributed by atoms with Crippen LogP contribution >= 0.6 is 27.5 Å². The van der Waals surface area contributed by atoms with Gasteiger partial charge in [0.05, 0.1) is 24.8 Å². The minimum Gasteiger partial charge on any atom is -0.465 e. The minimum absolute atomic E-state index is 0.212. The minimum atomic E-state index is -0.527. The lowest BCUT2D eigenvalue weighted by atomic mass is 10.1. The van der Waals surface area contributed by atoms with E-state index in [2.05, 4.69) is 21.2 Å². The number of esters is 1. The van der Waals surface area contributed by atoms with Crippen LogP contribution in [0.1, 0.15) is 21.5 Å². The molecule has 0 unspecified atom stereocenters. The number of amides is 1. The van der Waals surface area contributed by atoms with E-state index in [1.54, 1.807) is 6.07 Å². The summed E-state index contributed by atoms with van der Waals surface area (Å²) in [5, 5.41) is 4.03. The van der Waals surface area contributed by atoms with Crippen LogP contribution < -0.4 is 5.32 Å². The predicted octanol–water partition coefficient (Wildman–Crippen LogP) is 4.25. The molecular weight excluding hydrogens is 394 g/mol. The number of anilines is 1. The third-order valence-corrected chi connectivity index (χ3v) is 4.03. The van der Waals surface area contributed by atoms with Crippen LogP contribution in [-0.2, 0) is 22.4 Å². The Morgan fingerprint density at radius 1 is 1.17 bits per heavy atom. The number of rotatable bonds is 6. The van der Waals surface area contributed by atoms with Crippen molar-refractivity contribution in [2.24, 2.45) is 0 Å². The third kappa shape index (κ3) is 5.08. The van der Waals surface area contributed by atoms with Crippen LogP contribution in [0.15, 0.2) is 42.5 Å². The summed E-state index contributed by atoms with van der Waals surface area (Å²) in [7, 11) is 1.29. The van der Waals surface area contributed by atoms with Crippen molar-refractivity contribution in [1.82, 2.24) is 0 Å². The van der Waals surface area contributed by atoms with E-state index in [0.717, 1.165) is 22.9 Å². The molecule has 0 saturated carbocycles. The topological polar surface area (TPSA) is 55.4 Å². The number of halogens is 2. The Morgan fingerprint density at radius 2 is 1.92 bits per heavy atom. The molecule has 24 heavy (non-hydrogen) atoms. The normalized spacial score (nSPS) is 10.3. The summed E-state index contributed by atoms with van der Waals surface area (Å²) in [6, 6.07) is 12.5. The van der Waals surface area contributed by atoms with E-state index >= 15 is 0 Å². The number of benzene rings is 2. The number of methoxy groups -OCH3 is 1. The van der Waals surface area contributed by atoms with Crippen molar-refractivity contribution in [3.63, 3.8) is 0 Å². The van der Waals surface area contributed by atoms with Gasteiger partial charge in [0.15, 0.2) is 0 Å². The Bertz CT molecular complexity index is 749. The molecule has 4 nitrogen and oxygen atoms in total. The highest BCUT2D eigenvalue weighted by Gasteiger charge is 2.15. The van der Waals surface area contributed by atoms with E-state index in [1.165, 1.54) is 19.2 Å². The number of hydrogen-bond acceptors (Lipinski definition) is 3. The molecule has 0 atom stereocenters. The molecule has 2 rings (SSSR count). The maximum atomic E-state index is 12.3. The molecule has 1 N–H and O–H groups in total. The zero-order chi connectivity index (χ0) is 17.5. The Labute approximate surface area is 154 Å². The monoisotopic (exact) mass is 409 g/mol. The molecule has 0 aromatic heterocycles. The van der Waals surface area contributed by atoms with Crippen LogP contribution in [0.2, 0.25) is 5.02 Å². The van der Waals surface area contributed by atoms with E-state index in [0.29, 0.717) is 10.7 Å². The Hall–Kier alpha value is -1.85. The van der Waals surface area contributed by atoms with Gasteiger partial charge in [0.25, 0.3) is 0 Å². The zero-order valence-corrected chi connectivity index (χ0v) is 15.5. The molecule has 0 bridgehead atoms. The van der Waals surface area contributed by atoms with Crippen molar-refractivity contribution < 1.29 is 14.3 Å². The van der Waals surface area contributed by atoms with Gasteiger partial charge in [-0.05, 0) is 35.7 Å². The highest BCUT2D eigenvalue weighted by Crippen LogP contribution is 2.22. The van der Waals surface area contributed by atoms with Crippen LogP contribution in [0.3, 0.4) is 0 Å². The third-order valence-electron chi connectivity index (χ3n) is 3.40. The summed E-state index contributed by atoms with van der Waals surface area (Å²) < 4.78 is 4.72. The SMILES string of the molecule is COC(=O)c1ccc(Cl)cc1NC(=O)Cc1cccc(CCBr)c1. The van der Waals surface area contributed by atoms with Gasteiger partial charge in [0.2, 0.25) is 5.91 Å². The van der Waals surface area contributed by atoms with E-state index in [9.17, 15) is 9.59 Å². The highest BCUT2D eigenvalue weighted by molar-refractivity contribution is 9.09. The quantitative estimate of drug-likeness (QED) is 0.572. The molecule has 0 aliphatic rings. The van der Waals surface area contributed by atoms with Gasteiger partial charge in [-0.25, -0.2) is 4.79 Å². The summed E-state index contributed by atoms with van der Waals surface area (Å²) in [6.45, 7) is 0. The number of nitrogens with one attached hydrogen (secondary N) is 1. The summed E-state index contributed by atoms with van der Waals surface area (Å²) in [5.41, 5.74) is 2.68. The number of aryl methyl sites for hydroxylation is 1. The lowest BCUT2D eigenvalue weighted by Gasteiger charge is -2.11. The average molecular weight is 411 g/mol. The molecule has 2 aromatic carbocycles. The first-order valence-corrected chi connectivity index (χ1v) is 8.85. The first kappa shape index (κ1) is 18.5. The van der Waals surface area contributed by atoms with Gasteiger partial charge >= 0.3 is 5.97 Å². The van der Waals surface area contributed by atoms with E-state index < -0.39 is 5.97 Å². The summed E-state index contributed by atoms with van der Waals surface area (Å²) in [6.07, 6.45) is 1.11. The van der Waals surface area contributed by atoms with Crippen molar-refractivity contribution in [2.45, 2.75) is 12.8 Å². The fourth-order valence-corrected chi connectivity index (χ4v) is 2.92. The Balaban J connectivity index is 2.14. The number of carbonyl (C=O) groups is 2. The molecule has 0 aliphatic heterocycles. The van der Waals surface area contributed by atoms with Gasteiger partial charge in [-0.3, -0.25) is 4.79 Å². The van der Waals surface area contributed by atoms with Gasteiger partial charge < -0.3 is 10.1 Å². The molecule has 1 amide bonds. The van der Waals surface area contributed by atoms with E-state index in [-0.39, 0.29) is 17.9 Å². The molecule has 2 aromatic rings. The van der Waals surface area contributed by atoms with Crippen LogP contribution in [0.25, 0.3) is 0 Å². The molecule has 0 spiro atoms. The summed E-state index contributed by atoms with van der Waals surface area (Å²) >= 11 is 9.36. The van der Waals surface area contributed by atoms with Crippen molar-refractivity contribution in [3.8, 4) is 0 Å². The molecule has 0 radical (unpaired) electrons. The number of carbonyl (C=O) groups excluding carboxylic acids is 2. The van der Waals surface area contributed by atoms with Crippen LogP contribution in [0.4, 0.5) is 5.69 Å². The zero-order valence-electron chi connectivity index (χ0n) is 13.1. The fraction of sp³-hybridized carbons (Fsp3) is 0.222. The van der Waals surface area contributed by atoms with E-state index in [4.69, 9.17) is 16.3 Å². The average Bonchev–Trinajstić information content (AvgIpc) is 2.55. The second-order valence-electron chi connectivity index (χ2n) is 5.17. The molecule has 0 aliphatic carbocycles. The maximum Gasteiger partial charge on any atom is 0.339 e. The lowest BCUT2D eigenvalue weighted by Crippen LogP contribution is -2.17. The second-order valence-corrected chi connectivity index (χ2v) is 6.39. The fourth-order valence-electron chi connectivity index (χ4n) is 2.29. The standard InChI is InChI=1S/C18H17BrClNO3/c1-24-18(23)15-6-5-14(20)11-16(15)21-17(22)10-13-4-2-3-12(9-13)7-8-19/h2-6,9,11H,7-8,10H2,1H3,(H,21,22). The lowest BCUT2D eigenvalue weighted by molar-refractivity contribution is -0.115. The molecule has 0 fully saturated rings. The Kier molecular flexibility index (Phi) is 6.82. The molecule has 126 valence electrons. The van der Waals surface area contributed by atoms with Crippen molar-refractivity contribution in [3.05, 3.63) is 64.2 Å². The van der Waals surface area contributed by atoms with Gasteiger partial charge in [-0.1, -0.05) is 51.8 Å². The van der Waals surface area contributed by atoms with Crippen molar-refractivity contribution in [1.29, 1.82) is 0 Å². The Morgan fingerprint density at radius 3 is 2.62 bits per heavy atom. The number of ether oxygens (including phenoxy) is 1.